The Balaban J connectivity index is 2.21. The molecule has 2 unspecified atom stereocenters. The minimum Gasteiger partial charge on any atom is -0.466 e. The van der Waals surface area contributed by atoms with Gasteiger partial charge in [-0.25, -0.2) is 0 Å². The van der Waals surface area contributed by atoms with E-state index in [0.29, 0.717) is 6.54 Å². The third kappa shape index (κ3) is 1.53. The van der Waals surface area contributed by atoms with Crippen molar-refractivity contribution < 1.29 is 9.21 Å². The molecule has 1 fully saturated rings. The smallest absolute Gasteiger partial charge is 0.222 e. The van der Waals surface area contributed by atoms with Crippen molar-refractivity contribution in [3.05, 3.63) is 23.7 Å². The zero-order valence-corrected chi connectivity index (χ0v) is 8.12. The van der Waals surface area contributed by atoms with Crippen molar-refractivity contribution >= 4 is 5.91 Å². The van der Waals surface area contributed by atoms with Crippen LogP contribution in [0.4, 0.5) is 0 Å². The number of carbonyl (C=O) groups excluding carboxylic acids is 1. The highest BCUT2D eigenvalue weighted by Gasteiger charge is 2.34. The molecule has 2 atom stereocenters. The highest BCUT2D eigenvalue weighted by molar-refractivity contribution is 5.78. The summed E-state index contributed by atoms with van der Waals surface area (Å²) in [5.41, 5.74) is 5.31. The van der Waals surface area contributed by atoms with Crippen molar-refractivity contribution in [3.63, 3.8) is 0 Å². The van der Waals surface area contributed by atoms with Crippen LogP contribution in [-0.2, 0) is 4.79 Å². The van der Waals surface area contributed by atoms with E-state index in [1.165, 1.54) is 0 Å². The van der Waals surface area contributed by atoms with Gasteiger partial charge in [0.25, 0.3) is 0 Å². The third-order valence-corrected chi connectivity index (χ3v) is 2.71. The van der Waals surface area contributed by atoms with E-state index in [1.54, 1.807) is 0 Å². The second kappa shape index (κ2) is 3.46. The van der Waals surface area contributed by atoms with Gasteiger partial charge in [0.05, 0.1) is 5.92 Å². The molecular weight excluding hydrogens is 180 g/mol. The van der Waals surface area contributed by atoms with E-state index in [9.17, 15) is 4.79 Å². The first-order valence-corrected chi connectivity index (χ1v) is 4.75. The van der Waals surface area contributed by atoms with Gasteiger partial charge in [-0.1, -0.05) is 0 Å². The van der Waals surface area contributed by atoms with Crippen molar-refractivity contribution in [2.24, 2.45) is 11.7 Å². The Morgan fingerprint density at radius 2 is 2.36 bits per heavy atom. The summed E-state index contributed by atoms with van der Waals surface area (Å²) in [5, 5.41) is 3.15. The van der Waals surface area contributed by atoms with Crippen molar-refractivity contribution in [1.29, 1.82) is 0 Å². The second-order valence-corrected chi connectivity index (χ2v) is 3.72. The van der Waals surface area contributed by atoms with E-state index in [0.717, 1.165) is 18.1 Å². The second-order valence-electron chi connectivity index (χ2n) is 3.72. The van der Waals surface area contributed by atoms with E-state index >= 15 is 0 Å². The summed E-state index contributed by atoms with van der Waals surface area (Å²) in [7, 11) is 0. The molecule has 0 spiro atoms. The Kier molecular flexibility index (Phi) is 2.29. The highest BCUT2D eigenvalue weighted by atomic mass is 16.3. The molecule has 2 heterocycles. The first-order chi connectivity index (χ1) is 6.68. The van der Waals surface area contributed by atoms with Gasteiger partial charge in [0.2, 0.25) is 5.91 Å². The van der Waals surface area contributed by atoms with Gasteiger partial charge in [0, 0.05) is 19.0 Å². The van der Waals surface area contributed by atoms with Gasteiger partial charge in [-0.2, -0.15) is 0 Å². The molecule has 0 saturated carbocycles. The summed E-state index contributed by atoms with van der Waals surface area (Å²) in [6.07, 6.45) is 0. The Morgan fingerprint density at radius 3 is 2.93 bits per heavy atom. The molecule has 1 saturated heterocycles. The van der Waals surface area contributed by atoms with Crippen molar-refractivity contribution in [1.82, 2.24) is 5.32 Å². The minimum absolute atomic E-state index is 0.0983. The molecule has 1 aromatic rings. The van der Waals surface area contributed by atoms with E-state index in [4.69, 9.17) is 10.2 Å². The predicted molar refractivity (Wildman–Crippen MR) is 51.7 cm³/mol. The quantitative estimate of drug-likeness (QED) is 0.715. The van der Waals surface area contributed by atoms with E-state index in [1.807, 2.05) is 19.1 Å². The van der Waals surface area contributed by atoms with Gasteiger partial charge in [-0.05, 0) is 19.1 Å². The maximum Gasteiger partial charge on any atom is 0.222 e. The monoisotopic (exact) mass is 194 g/mol. The number of amides is 1. The van der Waals surface area contributed by atoms with Crippen molar-refractivity contribution in [2.75, 3.05) is 13.1 Å². The van der Waals surface area contributed by atoms with E-state index in [-0.39, 0.29) is 17.7 Å². The lowest BCUT2D eigenvalue weighted by molar-refractivity contribution is -0.121. The largest absolute Gasteiger partial charge is 0.466 e. The molecule has 1 aliphatic heterocycles. The fraction of sp³-hybridized carbons (Fsp3) is 0.500. The number of nitrogens with one attached hydrogen (secondary N) is 1. The number of nitrogens with two attached hydrogens (primary N) is 1. The van der Waals surface area contributed by atoms with Crippen molar-refractivity contribution in [2.45, 2.75) is 12.8 Å². The molecule has 2 rings (SSSR count). The van der Waals surface area contributed by atoms with Crippen LogP contribution in [0.25, 0.3) is 0 Å². The van der Waals surface area contributed by atoms with Crippen LogP contribution in [0.15, 0.2) is 16.5 Å². The maximum atomic E-state index is 11.1. The van der Waals surface area contributed by atoms with Gasteiger partial charge in [0.1, 0.15) is 11.5 Å². The molecule has 0 aliphatic carbocycles. The molecule has 0 bridgehead atoms. The van der Waals surface area contributed by atoms with Crippen LogP contribution in [0.5, 0.6) is 0 Å². The van der Waals surface area contributed by atoms with Crippen LogP contribution >= 0.6 is 0 Å². The lowest BCUT2D eigenvalue weighted by Crippen LogP contribution is -2.28. The summed E-state index contributed by atoms with van der Waals surface area (Å²) in [4.78, 5) is 11.1. The lowest BCUT2D eigenvalue weighted by atomic mass is 9.93. The van der Waals surface area contributed by atoms with Crippen LogP contribution in [0.1, 0.15) is 17.4 Å². The molecule has 4 heteroatoms. The molecule has 4 nitrogen and oxygen atoms in total. The summed E-state index contributed by atoms with van der Waals surface area (Å²) in [6, 6.07) is 3.83. The van der Waals surface area contributed by atoms with Gasteiger partial charge in [-0.3, -0.25) is 4.79 Å². The number of furan rings is 1. The molecule has 1 amide bonds. The first-order valence-electron chi connectivity index (χ1n) is 4.75. The van der Waals surface area contributed by atoms with E-state index < -0.39 is 0 Å². The number of hydrogen-bond donors (Lipinski definition) is 2. The van der Waals surface area contributed by atoms with Crippen LogP contribution in [-0.4, -0.2) is 19.0 Å². The molecule has 76 valence electrons. The zero-order valence-electron chi connectivity index (χ0n) is 8.12. The fourth-order valence-corrected chi connectivity index (χ4v) is 1.93. The topological polar surface area (TPSA) is 68.3 Å². The number of carbonyl (C=O) groups is 1. The molecule has 0 aromatic carbocycles. The maximum absolute atomic E-state index is 11.1. The number of rotatable bonds is 2. The Hall–Kier alpha value is -1.29. The number of aryl methyl sites for hydroxylation is 1. The fourth-order valence-electron chi connectivity index (χ4n) is 1.93. The normalized spacial score (nSPS) is 26.6. The van der Waals surface area contributed by atoms with Gasteiger partial charge >= 0.3 is 0 Å². The van der Waals surface area contributed by atoms with Crippen molar-refractivity contribution in [3.8, 4) is 0 Å². The Morgan fingerprint density at radius 1 is 1.57 bits per heavy atom. The van der Waals surface area contributed by atoms with Gasteiger partial charge < -0.3 is 15.5 Å². The molecule has 1 aliphatic rings. The lowest BCUT2D eigenvalue weighted by Gasteiger charge is -2.12. The molecule has 3 N–H and O–H groups in total. The summed E-state index contributed by atoms with van der Waals surface area (Å²) >= 11 is 0. The van der Waals surface area contributed by atoms with Crippen LogP contribution < -0.4 is 11.1 Å². The Bertz CT molecular complexity index is 346. The third-order valence-electron chi connectivity index (χ3n) is 2.71. The van der Waals surface area contributed by atoms with Crippen LogP contribution in [0, 0.1) is 12.8 Å². The zero-order chi connectivity index (χ0) is 10.1. The molecular formula is C10H14N2O2. The van der Waals surface area contributed by atoms with Gasteiger partial charge in [0.15, 0.2) is 0 Å². The molecule has 1 aromatic heterocycles. The Labute approximate surface area is 82.5 Å². The average Bonchev–Trinajstić information content (AvgIpc) is 2.70. The predicted octanol–water partition coefficient (Wildman–Crippen LogP) is 0.376. The van der Waals surface area contributed by atoms with Gasteiger partial charge in [-0.15, -0.1) is 0 Å². The summed E-state index contributed by atoms with van der Waals surface area (Å²) in [5.74, 6) is 1.43. The van der Waals surface area contributed by atoms with Crippen LogP contribution in [0.3, 0.4) is 0 Å². The molecule has 0 radical (unpaired) electrons. The standard InChI is InChI=1S/C10H14N2O2/c1-6-2-3-9(14-6)7-4-12-5-8(7)10(11)13/h2-3,7-8,12H,4-5H2,1H3,(H2,11,13). The number of primary amides is 1. The molecule has 14 heavy (non-hydrogen) atoms. The SMILES string of the molecule is Cc1ccc(C2CNCC2C(N)=O)o1. The van der Waals surface area contributed by atoms with E-state index in [2.05, 4.69) is 5.32 Å². The average molecular weight is 194 g/mol. The number of hydrogen-bond acceptors (Lipinski definition) is 3. The minimum atomic E-state index is -0.256. The summed E-state index contributed by atoms with van der Waals surface area (Å²) in [6.45, 7) is 3.31. The highest BCUT2D eigenvalue weighted by Crippen LogP contribution is 2.28. The summed E-state index contributed by atoms with van der Waals surface area (Å²) < 4.78 is 5.50. The first kappa shape index (κ1) is 9.27. The van der Waals surface area contributed by atoms with Crippen LogP contribution in [0.2, 0.25) is 0 Å².